The molecule has 0 unspecified atom stereocenters. The second kappa shape index (κ2) is 8.99. The van der Waals surface area contributed by atoms with Gasteiger partial charge in [0.25, 0.3) is 5.91 Å². The van der Waals surface area contributed by atoms with Crippen LogP contribution in [0.5, 0.6) is 0 Å². The zero-order chi connectivity index (χ0) is 18.6. The van der Waals surface area contributed by atoms with Gasteiger partial charge in [-0.05, 0) is 39.0 Å². The Labute approximate surface area is 167 Å². The van der Waals surface area contributed by atoms with Crippen LogP contribution in [-0.2, 0) is 19.4 Å². The first kappa shape index (κ1) is 19.3. The fourth-order valence-electron chi connectivity index (χ4n) is 4.96. The molecule has 6 heteroatoms. The highest BCUT2D eigenvalue weighted by Gasteiger charge is 2.32. The number of rotatable bonds is 4. The van der Waals surface area contributed by atoms with Gasteiger partial charge in [0.2, 0.25) is 0 Å². The molecule has 1 atom stereocenters. The summed E-state index contributed by atoms with van der Waals surface area (Å²) in [5, 5.41) is 8.72. The predicted molar refractivity (Wildman–Crippen MR) is 112 cm³/mol. The number of carbonyl (C=O) groups excluding carboxylic acids is 1. The minimum Gasteiger partial charge on any atom is -0.336 e. The first-order valence-corrected chi connectivity index (χ1v) is 12.1. The Balaban J connectivity index is 1.50. The van der Waals surface area contributed by atoms with Crippen LogP contribution < -0.4 is 5.32 Å². The predicted octanol–water partition coefficient (Wildman–Crippen LogP) is 3.26. The number of fused-ring (bicyclic) bond motifs is 1. The van der Waals surface area contributed by atoms with E-state index in [4.69, 9.17) is 5.10 Å². The normalized spacial score (nSPS) is 24.5. The maximum absolute atomic E-state index is 13.2. The summed E-state index contributed by atoms with van der Waals surface area (Å²) in [5.41, 5.74) is 3.29. The molecule has 2 fully saturated rings. The van der Waals surface area contributed by atoms with E-state index >= 15 is 0 Å². The van der Waals surface area contributed by atoms with Gasteiger partial charge in [0.1, 0.15) is 0 Å². The summed E-state index contributed by atoms with van der Waals surface area (Å²) < 4.78 is 2.09. The summed E-state index contributed by atoms with van der Waals surface area (Å²) in [6, 6.07) is 1.16. The Kier molecular flexibility index (Phi) is 6.43. The van der Waals surface area contributed by atoms with Crippen molar-refractivity contribution in [2.45, 2.75) is 83.3 Å². The van der Waals surface area contributed by atoms with Gasteiger partial charge in [0.05, 0.1) is 0 Å². The summed E-state index contributed by atoms with van der Waals surface area (Å²) in [6.07, 6.45) is 11.3. The molecule has 3 aliphatic rings. The van der Waals surface area contributed by atoms with E-state index in [1.165, 1.54) is 56.2 Å². The number of thioether (sulfide) groups is 1. The monoisotopic (exact) mass is 390 g/mol. The average molecular weight is 391 g/mol. The highest BCUT2D eigenvalue weighted by atomic mass is 32.2. The molecular formula is C21H34N4OS. The molecule has 27 heavy (non-hydrogen) atoms. The number of hydrogen-bond acceptors (Lipinski definition) is 4. The lowest BCUT2D eigenvalue weighted by molar-refractivity contribution is 0.0764. The van der Waals surface area contributed by atoms with Crippen LogP contribution in [0.1, 0.15) is 73.6 Å². The fourth-order valence-corrected chi connectivity index (χ4v) is 5.86. The lowest BCUT2D eigenvalue weighted by Gasteiger charge is -2.29. The summed E-state index contributed by atoms with van der Waals surface area (Å²) in [4.78, 5) is 15.2. The quantitative estimate of drug-likeness (QED) is 0.802. The summed E-state index contributed by atoms with van der Waals surface area (Å²) in [7, 11) is 0. The lowest BCUT2D eigenvalue weighted by atomic mass is 9.90. The van der Waals surface area contributed by atoms with E-state index < -0.39 is 0 Å². The topological polar surface area (TPSA) is 50.2 Å². The molecule has 5 nitrogen and oxygen atoms in total. The molecule has 0 spiro atoms. The maximum Gasteiger partial charge on any atom is 0.274 e. The summed E-state index contributed by atoms with van der Waals surface area (Å²) >= 11 is 1.94. The largest absolute Gasteiger partial charge is 0.336 e. The van der Waals surface area contributed by atoms with Crippen molar-refractivity contribution in [3.05, 3.63) is 17.0 Å². The average Bonchev–Trinajstić information content (AvgIpc) is 2.87. The SMILES string of the molecule is CCn1nc(C(=O)N2CCSCC2)c2c1CC[C@@H](NC1CCCCCC1)C2. The van der Waals surface area contributed by atoms with E-state index in [0.29, 0.717) is 12.1 Å². The Bertz CT molecular complexity index is 645. The van der Waals surface area contributed by atoms with E-state index in [-0.39, 0.29) is 5.91 Å². The van der Waals surface area contributed by atoms with E-state index in [0.717, 1.165) is 49.7 Å². The number of aromatic nitrogens is 2. The van der Waals surface area contributed by atoms with Gasteiger partial charge in [0, 0.05) is 54.5 Å². The standard InChI is InChI=1S/C21H34N4OS/c1-2-25-19-10-9-17(22-16-7-5-3-4-6-8-16)15-18(19)20(23-25)21(26)24-11-13-27-14-12-24/h16-17,22H,2-15H2,1H3/t17-/m1/s1. The molecule has 2 aliphatic carbocycles. The first-order chi connectivity index (χ1) is 13.3. The molecule has 1 aliphatic heterocycles. The highest BCUT2D eigenvalue weighted by Crippen LogP contribution is 2.28. The van der Waals surface area contributed by atoms with Crippen LogP contribution in [0.25, 0.3) is 0 Å². The van der Waals surface area contributed by atoms with Crippen LogP contribution >= 0.6 is 11.8 Å². The molecule has 1 aromatic rings. The zero-order valence-corrected chi connectivity index (χ0v) is 17.5. The molecule has 4 rings (SSSR count). The smallest absolute Gasteiger partial charge is 0.274 e. The third-order valence-electron chi connectivity index (χ3n) is 6.47. The van der Waals surface area contributed by atoms with Crippen LogP contribution in [0, 0.1) is 0 Å². The molecule has 1 amide bonds. The van der Waals surface area contributed by atoms with Crippen molar-refractivity contribution in [3.8, 4) is 0 Å². The molecule has 1 saturated carbocycles. The number of nitrogens with one attached hydrogen (secondary N) is 1. The zero-order valence-electron chi connectivity index (χ0n) is 16.7. The first-order valence-electron chi connectivity index (χ1n) is 11.0. The van der Waals surface area contributed by atoms with Gasteiger partial charge >= 0.3 is 0 Å². The van der Waals surface area contributed by atoms with E-state index in [9.17, 15) is 4.79 Å². The molecular weight excluding hydrogens is 356 g/mol. The molecule has 1 saturated heterocycles. The van der Waals surface area contributed by atoms with Crippen LogP contribution in [0.15, 0.2) is 0 Å². The van der Waals surface area contributed by atoms with Gasteiger partial charge in [-0.25, -0.2) is 0 Å². The Hall–Kier alpha value is -1.01. The van der Waals surface area contributed by atoms with Crippen molar-refractivity contribution < 1.29 is 4.79 Å². The van der Waals surface area contributed by atoms with Gasteiger partial charge in [0.15, 0.2) is 5.69 Å². The van der Waals surface area contributed by atoms with Crippen LogP contribution in [0.3, 0.4) is 0 Å². The second-order valence-electron chi connectivity index (χ2n) is 8.29. The van der Waals surface area contributed by atoms with Crippen molar-refractivity contribution in [2.75, 3.05) is 24.6 Å². The molecule has 2 heterocycles. The third-order valence-corrected chi connectivity index (χ3v) is 7.42. The van der Waals surface area contributed by atoms with E-state index in [1.807, 2.05) is 16.7 Å². The molecule has 150 valence electrons. The highest BCUT2D eigenvalue weighted by molar-refractivity contribution is 7.99. The van der Waals surface area contributed by atoms with Gasteiger partial charge in [-0.2, -0.15) is 16.9 Å². The van der Waals surface area contributed by atoms with Gasteiger partial charge < -0.3 is 10.2 Å². The number of aryl methyl sites for hydroxylation is 1. The molecule has 0 bridgehead atoms. The van der Waals surface area contributed by atoms with Crippen molar-refractivity contribution >= 4 is 17.7 Å². The summed E-state index contributed by atoms with van der Waals surface area (Å²) in [5.74, 6) is 2.26. The minimum absolute atomic E-state index is 0.161. The third kappa shape index (κ3) is 4.37. The van der Waals surface area contributed by atoms with Gasteiger partial charge in [-0.1, -0.05) is 25.7 Å². The van der Waals surface area contributed by atoms with Crippen molar-refractivity contribution in [2.24, 2.45) is 0 Å². The molecule has 1 aromatic heterocycles. The Morgan fingerprint density at radius 3 is 2.56 bits per heavy atom. The van der Waals surface area contributed by atoms with Crippen LogP contribution in [0.2, 0.25) is 0 Å². The van der Waals surface area contributed by atoms with E-state index in [1.54, 1.807) is 0 Å². The van der Waals surface area contributed by atoms with Crippen LogP contribution in [-0.4, -0.2) is 57.3 Å². The second-order valence-corrected chi connectivity index (χ2v) is 9.51. The van der Waals surface area contributed by atoms with Gasteiger partial charge in [-0.15, -0.1) is 0 Å². The number of carbonyl (C=O) groups is 1. The molecule has 0 aromatic carbocycles. The summed E-state index contributed by atoms with van der Waals surface area (Å²) in [6.45, 7) is 4.71. The number of amides is 1. The number of nitrogens with zero attached hydrogens (tertiary/aromatic N) is 3. The lowest BCUT2D eigenvalue weighted by Crippen LogP contribution is -2.42. The van der Waals surface area contributed by atoms with Gasteiger partial charge in [-0.3, -0.25) is 9.48 Å². The Morgan fingerprint density at radius 2 is 1.85 bits per heavy atom. The fraction of sp³-hybridized carbons (Fsp3) is 0.810. The van der Waals surface area contributed by atoms with E-state index in [2.05, 4.69) is 16.9 Å². The van der Waals surface area contributed by atoms with Crippen molar-refractivity contribution in [1.82, 2.24) is 20.0 Å². The van der Waals surface area contributed by atoms with Crippen molar-refractivity contribution in [3.63, 3.8) is 0 Å². The number of hydrogen-bond donors (Lipinski definition) is 1. The maximum atomic E-state index is 13.2. The van der Waals surface area contributed by atoms with Crippen molar-refractivity contribution in [1.29, 1.82) is 0 Å². The molecule has 1 N–H and O–H groups in total. The molecule has 0 radical (unpaired) electrons. The van der Waals surface area contributed by atoms with Crippen LogP contribution in [0.4, 0.5) is 0 Å². The minimum atomic E-state index is 0.161. The Morgan fingerprint density at radius 1 is 1.11 bits per heavy atom.